The van der Waals surface area contributed by atoms with Crippen molar-refractivity contribution in [3.05, 3.63) is 88.5 Å². The van der Waals surface area contributed by atoms with Gasteiger partial charge in [0, 0.05) is 36.1 Å². The van der Waals surface area contributed by atoms with E-state index in [4.69, 9.17) is 21.3 Å². The van der Waals surface area contributed by atoms with Crippen molar-refractivity contribution >= 4 is 34.2 Å². The van der Waals surface area contributed by atoms with Gasteiger partial charge in [0.2, 0.25) is 5.91 Å². The van der Waals surface area contributed by atoms with Gasteiger partial charge in [-0.05, 0) is 86.3 Å². The number of imidazole rings is 1. The molecule has 1 aromatic heterocycles. The van der Waals surface area contributed by atoms with Gasteiger partial charge in [-0.2, -0.15) is 0 Å². The van der Waals surface area contributed by atoms with Crippen molar-refractivity contribution in [3.8, 4) is 5.75 Å². The molecule has 1 aliphatic heterocycles. The van der Waals surface area contributed by atoms with Crippen molar-refractivity contribution in [1.82, 2.24) is 9.55 Å². The number of rotatable bonds is 8. The summed E-state index contributed by atoms with van der Waals surface area (Å²) in [5.41, 5.74) is 4.76. The summed E-state index contributed by atoms with van der Waals surface area (Å²) in [6, 6.07) is 18.1. The van der Waals surface area contributed by atoms with Crippen LogP contribution in [0.5, 0.6) is 5.75 Å². The van der Waals surface area contributed by atoms with Crippen molar-refractivity contribution < 1.29 is 13.9 Å². The summed E-state index contributed by atoms with van der Waals surface area (Å²) >= 11 is 6.26. The summed E-state index contributed by atoms with van der Waals surface area (Å²) in [6.45, 7) is 5.91. The second-order valence-electron chi connectivity index (χ2n) is 9.42. The molecule has 0 saturated carbocycles. The molecule has 4 aromatic rings. The first-order chi connectivity index (χ1) is 17.4. The summed E-state index contributed by atoms with van der Waals surface area (Å²) in [5, 5.41) is 0.783. The number of fused-ring (bicyclic) bond motifs is 1. The van der Waals surface area contributed by atoms with Crippen LogP contribution in [0.15, 0.2) is 60.7 Å². The van der Waals surface area contributed by atoms with Crippen molar-refractivity contribution in [3.63, 3.8) is 0 Å². The first kappa shape index (κ1) is 24.3. The van der Waals surface area contributed by atoms with E-state index in [0.29, 0.717) is 19.6 Å². The van der Waals surface area contributed by atoms with Gasteiger partial charge in [-0.15, -0.1) is 0 Å². The Labute approximate surface area is 215 Å². The molecule has 36 heavy (non-hydrogen) atoms. The number of carbonyl (C=O) groups is 1. The van der Waals surface area contributed by atoms with Crippen LogP contribution in [0.1, 0.15) is 42.1 Å². The maximum atomic E-state index is 13.4. The molecule has 2 heterocycles. The third kappa shape index (κ3) is 4.96. The van der Waals surface area contributed by atoms with E-state index in [9.17, 15) is 9.18 Å². The molecule has 3 aromatic carbocycles. The van der Waals surface area contributed by atoms with Gasteiger partial charge in [-0.3, -0.25) is 4.79 Å². The van der Waals surface area contributed by atoms with Crippen LogP contribution in [0.25, 0.3) is 11.0 Å². The molecular weight excluding hydrogens is 477 g/mol. The first-order valence-corrected chi connectivity index (χ1v) is 12.7. The number of hydrogen-bond acceptors (Lipinski definition) is 3. The van der Waals surface area contributed by atoms with Gasteiger partial charge in [-0.25, -0.2) is 9.37 Å². The van der Waals surface area contributed by atoms with Crippen molar-refractivity contribution in [2.24, 2.45) is 0 Å². The average molecular weight is 506 g/mol. The van der Waals surface area contributed by atoms with Crippen LogP contribution < -0.4 is 9.64 Å². The lowest BCUT2D eigenvalue weighted by Crippen LogP contribution is -2.24. The highest BCUT2D eigenvalue weighted by atomic mass is 35.5. The van der Waals surface area contributed by atoms with Gasteiger partial charge in [0.15, 0.2) is 0 Å². The van der Waals surface area contributed by atoms with Crippen LogP contribution in [-0.4, -0.2) is 28.6 Å². The van der Waals surface area contributed by atoms with Crippen molar-refractivity contribution in [2.75, 3.05) is 18.1 Å². The molecule has 1 aliphatic rings. The highest BCUT2D eigenvalue weighted by Crippen LogP contribution is 2.33. The first-order valence-electron chi connectivity index (χ1n) is 12.3. The molecular formula is C29H29ClFN3O2. The normalized spacial score (nSPS) is 15.7. The Bertz CT molecular complexity index is 1380. The molecule has 7 heteroatoms. The largest absolute Gasteiger partial charge is 0.494 e. The molecule has 0 aliphatic carbocycles. The number of nitrogens with zero attached hydrogens (tertiary/aromatic N) is 3. The number of anilines is 1. The average Bonchev–Trinajstić information content (AvgIpc) is 3.43. The van der Waals surface area contributed by atoms with E-state index in [2.05, 4.69) is 10.6 Å². The minimum atomic E-state index is -0.311. The van der Waals surface area contributed by atoms with Gasteiger partial charge < -0.3 is 14.2 Å². The zero-order valence-corrected chi connectivity index (χ0v) is 21.3. The predicted octanol–water partition coefficient (Wildman–Crippen LogP) is 6.83. The maximum absolute atomic E-state index is 13.4. The van der Waals surface area contributed by atoms with E-state index in [1.54, 1.807) is 17.0 Å². The molecule has 0 spiro atoms. The fourth-order valence-corrected chi connectivity index (χ4v) is 5.05. The number of benzene rings is 3. The summed E-state index contributed by atoms with van der Waals surface area (Å²) in [5.74, 6) is 1.47. The number of ether oxygens (including phenoxy) is 1. The van der Waals surface area contributed by atoms with Gasteiger partial charge in [-0.1, -0.05) is 23.7 Å². The molecule has 186 valence electrons. The summed E-state index contributed by atoms with van der Waals surface area (Å²) in [6.07, 6.45) is 2.19. The van der Waals surface area contributed by atoms with Gasteiger partial charge in [0.05, 0.1) is 17.6 Å². The van der Waals surface area contributed by atoms with E-state index in [1.165, 1.54) is 12.1 Å². The molecule has 5 rings (SSSR count). The molecule has 0 N–H and O–H groups in total. The van der Waals surface area contributed by atoms with E-state index in [0.717, 1.165) is 63.8 Å². The second-order valence-corrected chi connectivity index (χ2v) is 9.80. The number of aromatic nitrogens is 2. The fourth-order valence-electron chi connectivity index (χ4n) is 4.94. The number of unbranched alkanes of at least 4 members (excludes halogenated alkanes) is 1. The van der Waals surface area contributed by atoms with Crippen LogP contribution in [0, 0.1) is 19.7 Å². The predicted molar refractivity (Wildman–Crippen MR) is 141 cm³/mol. The molecule has 1 unspecified atom stereocenters. The number of amides is 1. The number of para-hydroxylation sites is 2. The Balaban J connectivity index is 1.28. The Kier molecular flexibility index (Phi) is 6.97. The zero-order valence-electron chi connectivity index (χ0n) is 20.5. The molecule has 1 amide bonds. The molecule has 1 saturated heterocycles. The quantitative estimate of drug-likeness (QED) is 0.247. The van der Waals surface area contributed by atoms with E-state index < -0.39 is 0 Å². The topological polar surface area (TPSA) is 47.4 Å². The molecule has 0 bridgehead atoms. The maximum Gasteiger partial charge on any atom is 0.227 e. The third-order valence-corrected chi connectivity index (χ3v) is 7.36. The van der Waals surface area contributed by atoms with Crippen molar-refractivity contribution in [1.29, 1.82) is 0 Å². The number of halogens is 2. The number of aryl methyl sites for hydroxylation is 3. The molecule has 0 radical (unpaired) electrons. The lowest BCUT2D eigenvalue weighted by Gasteiger charge is -2.17. The third-order valence-electron chi connectivity index (χ3n) is 6.77. The summed E-state index contributed by atoms with van der Waals surface area (Å²) in [7, 11) is 0. The highest BCUT2D eigenvalue weighted by Gasteiger charge is 2.34. The van der Waals surface area contributed by atoms with Gasteiger partial charge >= 0.3 is 0 Å². The summed E-state index contributed by atoms with van der Waals surface area (Å²) < 4.78 is 21.6. The van der Waals surface area contributed by atoms with Crippen molar-refractivity contribution in [2.45, 2.75) is 45.6 Å². The molecule has 5 nitrogen and oxygen atoms in total. The number of carbonyl (C=O) groups excluding carboxylic acids is 1. The lowest BCUT2D eigenvalue weighted by molar-refractivity contribution is -0.117. The lowest BCUT2D eigenvalue weighted by atomic mass is 10.1. The van der Waals surface area contributed by atoms with Crippen LogP contribution in [0.2, 0.25) is 5.02 Å². The van der Waals surface area contributed by atoms with E-state index in [-0.39, 0.29) is 17.6 Å². The standard InChI is InChI=1S/C29H29ClFN3O2/c1-19-15-24(16-20(2)28(19)30)36-14-6-5-13-33-26-8-4-3-7-25(26)32-29(33)21-17-27(35)34(18-21)23-11-9-22(31)10-12-23/h3-4,7-12,15-16,21H,5-6,13-14,17-18H2,1-2H3. The number of hydrogen-bond donors (Lipinski definition) is 0. The van der Waals surface area contributed by atoms with Gasteiger partial charge in [0.25, 0.3) is 0 Å². The van der Waals surface area contributed by atoms with Crippen LogP contribution in [0.4, 0.5) is 10.1 Å². The Morgan fingerprint density at radius 2 is 1.78 bits per heavy atom. The van der Waals surface area contributed by atoms with Gasteiger partial charge in [0.1, 0.15) is 17.4 Å². The monoisotopic (exact) mass is 505 g/mol. The fraction of sp³-hybridized carbons (Fsp3) is 0.310. The van der Waals surface area contributed by atoms with E-state index in [1.807, 2.05) is 44.2 Å². The molecule has 1 atom stereocenters. The highest BCUT2D eigenvalue weighted by molar-refractivity contribution is 6.32. The summed E-state index contributed by atoms with van der Waals surface area (Å²) in [4.78, 5) is 19.5. The van der Waals surface area contributed by atoms with Crippen LogP contribution >= 0.6 is 11.6 Å². The zero-order chi connectivity index (χ0) is 25.2. The Hall–Kier alpha value is -3.38. The Morgan fingerprint density at radius 3 is 2.53 bits per heavy atom. The minimum Gasteiger partial charge on any atom is -0.494 e. The second kappa shape index (κ2) is 10.3. The molecule has 1 fully saturated rings. The van der Waals surface area contributed by atoms with Crippen LogP contribution in [-0.2, 0) is 11.3 Å². The SMILES string of the molecule is Cc1cc(OCCCCn2c(C3CC(=O)N(c4ccc(F)cc4)C3)nc3ccccc32)cc(C)c1Cl. The smallest absolute Gasteiger partial charge is 0.227 e. The minimum absolute atomic E-state index is 0.0220. The van der Waals surface area contributed by atoms with Crippen LogP contribution in [0.3, 0.4) is 0 Å². The van der Waals surface area contributed by atoms with E-state index >= 15 is 0 Å². The Morgan fingerprint density at radius 1 is 1.06 bits per heavy atom.